The third-order valence-electron chi connectivity index (χ3n) is 3.42. The minimum Gasteiger partial charge on any atom is -0.457 e. The highest BCUT2D eigenvalue weighted by molar-refractivity contribution is 9.10. The normalized spacial score (nSPS) is 13.0. The second kappa shape index (κ2) is 6.20. The highest BCUT2D eigenvalue weighted by Crippen LogP contribution is 2.30. The van der Waals surface area contributed by atoms with Gasteiger partial charge in [0.1, 0.15) is 11.5 Å². The summed E-state index contributed by atoms with van der Waals surface area (Å²) in [7, 11) is 0. The molecule has 0 aliphatic rings. The van der Waals surface area contributed by atoms with E-state index in [9.17, 15) is 0 Å². The summed E-state index contributed by atoms with van der Waals surface area (Å²) in [5.74, 6) is 1.64. The molecule has 0 heterocycles. The summed E-state index contributed by atoms with van der Waals surface area (Å²) in [5, 5.41) is 0. The number of hydrogen-bond donors (Lipinski definition) is 1. The van der Waals surface area contributed by atoms with Crippen molar-refractivity contribution in [3.05, 3.63) is 58.1 Å². The molecule has 0 unspecified atom stereocenters. The molecule has 21 heavy (non-hydrogen) atoms. The maximum Gasteiger partial charge on any atom is 0.128 e. The van der Waals surface area contributed by atoms with Crippen LogP contribution >= 0.6 is 15.9 Å². The topological polar surface area (TPSA) is 35.2 Å². The fourth-order valence-electron chi connectivity index (χ4n) is 2.10. The van der Waals surface area contributed by atoms with Crippen molar-refractivity contribution in [2.45, 2.75) is 39.2 Å². The lowest BCUT2D eigenvalue weighted by atomic mass is 9.87. The van der Waals surface area contributed by atoms with Crippen molar-refractivity contribution in [1.82, 2.24) is 0 Å². The Balaban J connectivity index is 2.17. The Bertz CT molecular complexity index is 612. The van der Waals surface area contributed by atoms with E-state index >= 15 is 0 Å². The van der Waals surface area contributed by atoms with Gasteiger partial charge in [0.2, 0.25) is 0 Å². The molecule has 2 nitrogen and oxygen atoms in total. The van der Waals surface area contributed by atoms with Crippen molar-refractivity contribution in [2.24, 2.45) is 5.73 Å². The number of ether oxygens (including phenoxy) is 1. The Morgan fingerprint density at radius 1 is 1.00 bits per heavy atom. The number of nitrogens with two attached hydrogens (primary N) is 1. The van der Waals surface area contributed by atoms with Gasteiger partial charge in [-0.25, -0.2) is 0 Å². The van der Waals surface area contributed by atoms with Gasteiger partial charge in [0, 0.05) is 10.5 Å². The van der Waals surface area contributed by atoms with E-state index in [-0.39, 0.29) is 11.5 Å². The molecule has 2 aromatic rings. The van der Waals surface area contributed by atoms with Gasteiger partial charge >= 0.3 is 0 Å². The van der Waals surface area contributed by atoms with Crippen LogP contribution < -0.4 is 10.5 Å². The zero-order chi connectivity index (χ0) is 15.6. The van der Waals surface area contributed by atoms with Gasteiger partial charge < -0.3 is 10.5 Å². The van der Waals surface area contributed by atoms with Gasteiger partial charge in [-0.15, -0.1) is 0 Å². The molecule has 0 aliphatic carbocycles. The number of rotatable bonds is 3. The smallest absolute Gasteiger partial charge is 0.128 e. The fourth-order valence-corrected chi connectivity index (χ4v) is 2.82. The predicted octanol–water partition coefficient (Wildman–Crippen LogP) is 5.56. The Morgan fingerprint density at radius 2 is 1.57 bits per heavy atom. The summed E-state index contributed by atoms with van der Waals surface area (Å²) < 4.78 is 6.86. The van der Waals surface area contributed by atoms with Gasteiger partial charge in [0.15, 0.2) is 0 Å². The minimum atomic E-state index is -0.000468. The molecule has 0 fully saturated rings. The summed E-state index contributed by atoms with van der Waals surface area (Å²) >= 11 is 3.54. The van der Waals surface area contributed by atoms with Gasteiger partial charge in [-0.1, -0.05) is 54.9 Å². The van der Waals surface area contributed by atoms with Crippen molar-refractivity contribution >= 4 is 15.9 Å². The van der Waals surface area contributed by atoms with Crippen LogP contribution in [0.4, 0.5) is 0 Å². The fraction of sp³-hybridized carbons (Fsp3) is 0.333. The summed E-state index contributed by atoms with van der Waals surface area (Å²) in [6, 6.07) is 14.1. The average Bonchev–Trinajstić information content (AvgIpc) is 2.38. The quantitative estimate of drug-likeness (QED) is 0.788. The number of halogens is 1. The molecule has 3 heteroatoms. The maximum atomic E-state index is 5.90. The maximum absolute atomic E-state index is 5.90. The van der Waals surface area contributed by atoms with Crippen molar-refractivity contribution in [3.63, 3.8) is 0 Å². The lowest BCUT2D eigenvalue weighted by Gasteiger charge is -2.19. The first-order chi connectivity index (χ1) is 9.77. The Kier molecular flexibility index (Phi) is 4.74. The SMILES string of the molecule is C[C@H](N)c1ccc(Oc2ccc(C(C)(C)C)cc2)cc1Br. The molecule has 0 bridgehead atoms. The van der Waals surface area contributed by atoms with E-state index in [4.69, 9.17) is 10.5 Å². The van der Waals surface area contributed by atoms with Crippen molar-refractivity contribution in [3.8, 4) is 11.5 Å². The molecule has 0 saturated heterocycles. The highest BCUT2D eigenvalue weighted by Gasteiger charge is 2.13. The van der Waals surface area contributed by atoms with Crippen molar-refractivity contribution in [1.29, 1.82) is 0 Å². The van der Waals surface area contributed by atoms with Crippen LogP contribution in [0.3, 0.4) is 0 Å². The Hall–Kier alpha value is -1.32. The molecule has 2 N–H and O–H groups in total. The lowest BCUT2D eigenvalue weighted by molar-refractivity contribution is 0.480. The number of hydrogen-bond acceptors (Lipinski definition) is 2. The molecule has 0 radical (unpaired) electrons. The van der Waals surface area contributed by atoms with E-state index in [1.165, 1.54) is 5.56 Å². The predicted molar refractivity (Wildman–Crippen MR) is 92.0 cm³/mol. The third kappa shape index (κ3) is 4.08. The molecule has 0 saturated carbocycles. The first-order valence-corrected chi connectivity index (χ1v) is 7.90. The van der Waals surface area contributed by atoms with E-state index in [0.717, 1.165) is 21.5 Å². The summed E-state index contributed by atoms with van der Waals surface area (Å²) in [6.07, 6.45) is 0. The van der Waals surface area contributed by atoms with Crippen molar-refractivity contribution in [2.75, 3.05) is 0 Å². The molecule has 112 valence electrons. The summed E-state index contributed by atoms with van der Waals surface area (Å²) in [4.78, 5) is 0. The molecule has 2 rings (SSSR count). The zero-order valence-corrected chi connectivity index (χ0v) is 14.6. The standard InChI is InChI=1S/C18H22BrNO/c1-12(20)16-10-9-15(11-17(16)19)21-14-7-5-13(6-8-14)18(2,3)4/h5-12H,20H2,1-4H3/t12-/m0/s1. The van der Waals surface area contributed by atoms with Crippen LogP contribution in [0.5, 0.6) is 11.5 Å². The molecular weight excluding hydrogens is 326 g/mol. The first-order valence-electron chi connectivity index (χ1n) is 7.11. The largest absolute Gasteiger partial charge is 0.457 e. The van der Waals surface area contributed by atoms with Crippen LogP contribution in [-0.2, 0) is 5.41 Å². The van der Waals surface area contributed by atoms with E-state index in [0.29, 0.717) is 0 Å². The lowest BCUT2D eigenvalue weighted by Crippen LogP contribution is -2.10. The molecule has 0 aliphatic heterocycles. The molecule has 0 amide bonds. The molecular formula is C18H22BrNO. The van der Waals surface area contributed by atoms with Gasteiger partial charge in [0.25, 0.3) is 0 Å². The molecule has 0 aromatic heterocycles. The van der Waals surface area contributed by atoms with E-state index in [1.807, 2.05) is 37.3 Å². The van der Waals surface area contributed by atoms with E-state index in [2.05, 4.69) is 48.8 Å². The van der Waals surface area contributed by atoms with Crippen LogP contribution in [0.1, 0.15) is 44.9 Å². The Morgan fingerprint density at radius 3 is 2.05 bits per heavy atom. The van der Waals surface area contributed by atoms with Crippen molar-refractivity contribution < 1.29 is 4.74 Å². The van der Waals surface area contributed by atoms with Crippen LogP contribution in [0.25, 0.3) is 0 Å². The third-order valence-corrected chi connectivity index (χ3v) is 4.11. The number of benzene rings is 2. The van der Waals surface area contributed by atoms with Crippen LogP contribution in [0, 0.1) is 0 Å². The first kappa shape index (κ1) is 16.1. The highest BCUT2D eigenvalue weighted by atomic mass is 79.9. The monoisotopic (exact) mass is 347 g/mol. The van der Waals surface area contributed by atoms with Crippen LogP contribution in [0.2, 0.25) is 0 Å². The second-order valence-corrected chi connectivity index (χ2v) is 7.20. The summed E-state index contributed by atoms with van der Waals surface area (Å²) in [6.45, 7) is 8.57. The molecule has 2 aromatic carbocycles. The molecule has 1 atom stereocenters. The van der Waals surface area contributed by atoms with Gasteiger partial charge in [0.05, 0.1) is 0 Å². The van der Waals surface area contributed by atoms with Crippen LogP contribution in [-0.4, -0.2) is 0 Å². The van der Waals surface area contributed by atoms with Gasteiger partial charge in [-0.05, 0) is 47.7 Å². The van der Waals surface area contributed by atoms with Gasteiger partial charge in [-0.2, -0.15) is 0 Å². The van der Waals surface area contributed by atoms with Crippen LogP contribution in [0.15, 0.2) is 46.9 Å². The Labute approximate surface area is 135 Å². The molecule has 0 spiro atoms. The van der Waals surface area contributed by atoms with Gasteiger partial charge in [-0.3, -0.25) is 0 Å². The van der Waals surface area contributed by atoms with E-state index < -0.39 is 0 Å². The zero-order valence-electron chi connectivity index (χ0n) is 13.0. The van der Waals surface area contributed by atoms with E-state index in [1.54, 1.807) is 0 Å². The average molecular weight is 348 g/mol. The second-order valence-electron chi connectivity index (χ2n) is 6.35. The minimum absolute atomic E-state index is 0.000468. The summed E-state index contributed by atoms with van der Waals surface area (Å²) in [5.41, 5.74) is 8.43.